The fraction of sp³-hybridized carbons (Fsp3) is 0.125. The summed E-state index contributed by atoms with van der Waals surface area (Å²) in [6.07, 6.45) is 5.95. The maximum absolute atomic E-state index is 3.48. The van der Waals surface area contributed by atoms with Crippen molar-refractivity contribution in [1.29, 1.82) is 0 Å². The molecule has 1 radical (unpaired) electrons. The van der Waals surface area contributed by atoms with Crippen molar-refractivity contribution in [3.63, 3.8) is 0 Å². The quantitative estimate of drug-likeness (QED) is 0.108. The van der Waals surface area contributed by atoms with Gasteiger partial charge >= 0.3 is 0 Å². The van der Waals surface area contributed by atoms with Gasteiger partial charge in [-0.25, -0.2) is 33.4 Å². The minimum Gasteiger partial charge on any atom is -0.226 e. The molecule has 0 saturated heterocycles. The predicted molar refractivity (Wildman–Crippen MR) is 197 cm³/mol. The number of hydrogen-bond acceptors (Lipinski definition) is 0. The second-order valence-electron chi connectivity index (χ2n) is 12.3. The first-order valence-electron chi connectivity index (χ1n) is 16.8. The molecule has 49 heavy (non-hydrogen) atoms. The Bertz CT molecular complexity index is 1760. The summed E-state index contributed by atoms with van der Waals surface area (Å²) in [5, 5.41) is 0. The standard InChI is InChI=1S/C48H36.Ir/c1-4-10-43(11-5-1)46-28-22-37(23-29-46)16-19-40-34-41(20-17-38-24-30-47(31-25-38)44-12-6-2-7-13-44)36-42(35-40)21-18-39-26-32-48(33-27-39)45-14-8-3-9-15-45;/h1-10,12,14,22-28,30,32,34-36H,16-21H2;/q-6;. The van der Waals surface area contributed by atoms with E-state index in [0.29, 0.717) is 0 Å². The summed E-state index contributed by atoms with van der Waals surface area (Å²) < 4.78 is 0. The van der Waals surface area contributed by atoms with Crippen molar-refractivity contribution in [2.45, 2.75) is 38.5 Å². The van der Waals surface area contributed by atoms with Gasteiger partial charge in [0.1, 0.15) is 0 Å². The Kier molecular flexibility index (Phi) is 11.8. The molecular formula is C48H36Ir-6. The molecule has 0 aliphatic rings. The molecule has 0 fully saturated rings. The van der Waals surface area contributed by atoms with Crippen molar-refractivity contribution in [2.75, 3.05) is 0 Å². The maximum Gasteiger partial charge on any atom is 0 e. The van der Waals surface area contributed by atoms with Crippen LogP contribution in [-0.2, 0) is 58.6 Å². The fourth-order valence-corrected chi connectivity index (χ4v) is 6.16. The predicted octanol–water partition coefficient (Wildman–Crippen LogP) is 10.8. The van der Waals surface area contributed by atoms with Crippen molar-refractivity contribution >= 4 is 0 Å². The van der Waals surface area contributed by atoms with Crippen LogP contribution in [0.2, 0.25) is 0 Å². The second-order valence-corrected chi connectivity index (χ2v) is 12.3. The van der Waals surface area contributed by atoms with Crippen LogP contribution in [0.3, 0.4) is 0 Å². The third-order valence-electron chi connectivity index (χ3n) is 8.85. The van der Waals surface area contributed by atoms with E-state index in [1.807, 2.05) is 54.6 Å². The molecule has 0 aliphatic heterocycles. The number of hydrogen-bond donors (Lipinski definition) is 0. The van der Waals surface area contributed by atoms with Crippen molar-refractivity contribution in [2.24, 2.45) is 0 Å². The molecule has 1 heteroatoms. The van der Waals surface area contributed by atoms with Crippen LogP contribution in [0.4, 0.5) is 0 Å². The zero-order valence-corrected chi connectivity index (χ0v) is 29.8. The maximum atomic E-state index is 3.48. The van der Waals surface area contributed by atoms with Crippen molar-refractivity contribution < 1.29 is 20.1 Å². The zero-order valence-electron chi connectivity index (χ0n) is 27.4. The van der Waals surface area contributed by atoms with Gasteiger partial charge in [-0.2, -0.15) is 146 Å². The largest absolute Gasteiger partial charge is 0.226 e. The van der Waals surface area contributed by atoms with Crippen LogP contribution in [0.5, 0.6) is 0 Å². The van der Waals surface area contributed by atoms with E-state index in [1.165, 1.54) is 33.4 Å². The molecule has 0 aromatic heterocycles. The molecule has 0 aliphatic carbocycles. The summed E-state index contributed by atoms with van der Waals surface area (Å²) in [4.78, 5) is 0. The Morgan fingerprint density at radius 2 is 0.571 bits per heavy atom. The zero-order chi connectivity index (χ0) is 32.4. The van der Waals surface area contributed by atoms with Gasteiger partial charge in [-0.05, 0) is 36.0 Å². The van der Waals surface area contributed by atoms with Gasteiger partial charge < -0.3 is 0 Å². The smallest absolute Gasteiger partial charge is 0 e. The summed E-state index contributed by atoms with van der Waals surface area (Å²) in [5.41, 5.74) is 14.6. The molecule has 0 amide bonds. The van der Waals surface area contributed by atoms with Gasteiger partial charge in [0.05, 0.1) is 0 Å². The van der Waals surface area contributed by atoms with Gasteiger partial charge in [0.2, 0.25) is 0 Å². The summed E-state index contributed by atoms with van der Waals surface area (Å²) in [6.45, 7) is 0. The van der Waals surface area contributed by atoms with E-state index in [0.717, 1.165) is 71.9 Å². The Labute approximate surface area is 305 Å². The fourth-order valence-electron chi connectivity index (χ4n) is 6.16. The van der Waals surface area contributed by atoms with E-state index in [2.05, 4.69) is 127 Å². The molecule has 243 valence electrons. The molecule has 0 N–H and O–H groups in total. The van der Waals surface area contributed by atoms with Gasteiger partial charge in [0.25, 0.3) is 0 Å². The van der Waals surface area contributed by atoms with E-state index >= 15 is 0 Å². The number of aryl methyl sites for hydroxylation is 6. The van der Waals surface area contributed by atoms with Gasteiger partial charge in [-0.1, -0.05) is 37.5 Å². The molecule has 0 atom stereocenters. The van der Waals surface area contributed by atoms with Crippen LogP contribution in [0.1, 0.15) is 33.4 Å². The molecule has 0 nitrogen and oxygen atoms in total. The normalized spacial score (nSPS) is 10.8. The van der Waals surface area contributed by atoms with E-state index in [4.69, 9.17) is 0 Å². The van der Waals surface area contributed by atoms with Crippen LogP contribution < -0.4 is 0 Å². The van der Waals surface area contributed by atoms with Gasteiger partial charge in [0.15, 0.2) is 0 Å². The average Bonchev–Trinajstić information content (AvgIpc) is 3.17. The minimum atomic E-state index is 0. The SMILES string of the molecule is [Ir].[c-]1ccccc1-c1[c-]cc(CCc2cc(CCc3c[c-]c(-c4[c-]cccc4)cc3)cc(CCc3c[c-]c(-c4[c-]cccc4)cc3)c2)cc1. The molecule has 0 unspecified atom stereocenters. The molecule has 0 saturated carbocycles. The molecular weight excluding hydrogens is 769 g/mol. The van der Waals surface area contributed by atoms with Crippen LogP contribution in [0.25, 0.3) is 33.4 Å². The van der Waals surface area contributed by atoms with Crippen molar-refractivity contribution in [3.05, 3.63) is 215 Å². The second kappa shape index (κ2) is 17.0. The minimum absolute atomic E-state index is 0. The summed E-state index contributed by atoms with van der Waals surface area (Å²) in [6, 6.07) is 71.5. The molecule has 0 heterocycles. The number of rotatable bonds is 12. The van der Waals surface area contributed by atoms with E-state index in [-0.39, 0.29) is 20.1 Å². The Balaban J connectivity index is 0.00000417. The third kappa shape index (κ3) is 9.42. The molecule has 7 rings (SSSR count). The Morgan fingerprint density at radius 3 is 0.816 bits per heavy atom. The molecule has 7 aromatic carbocycles. The van der Waals surface area contributed by atoms with Crippen molar-refractivity contribution in [1.82, 2.24) is 0 Å². The molecule has 0 bridgehead atoms. The third-order valence-corrected chi connectivity index (χ3v) is 8.85. The first-order valence-corrected chi connectivity index (χ1v) is 16.8. The van der Waals surface area contributed by atoms with Crippen LogP contribution in [-0.4, -0.2) is 0 Å². The van der Waals surface area contributed by atoms with Gasteiger partial charge in [-0.3, -0.25) is 0 Å². The average molecular weight is 805 g/mol. The van der Waals surface area contributed by atoms with E-state index in [9.17, 15) is 0 Å². The number of benzene rings is 7. The Hall–Kier alpha value is -4.81. The van der Waals surface area contributed by atoms with Crippen molar-refractivity contribution in [3.8, 4) is 33.4 Å². The van der Waals surface area contributed by atoms with Crippen LogP contribution >= 0.6 is 0 Å². The first-order chi connectivity index (χ1) is 23.7. The topological polar surface area (TPSA) is 0 Å². The first kappa shape index (κ1) is 34.1. The molecule has 7 aromatic rings. The van der Waals surface area contributed by atoms with Crippen LogP contribution in [0.15, 0.2) is 146 Å². The summed E-state index contributed by atoms with van der Waals surface area (Å²) >= 11 is 0. The Morgan fingerprint density at radius 1 is 0.286 bits per heavy atom. The molecule has 0 spiro atoms. The van der Waals surface area contributed by atoms with E-state index < -0.39 is 0 Å². The summed E-state index contributed by atoms with van der Waals surface area (Å²) in [5.74, 6) is 0. The van der Waals surface area contributed by atoms with Crippen LogP contribution in [0, 0.1) is 36.4 Å². The monoisotopic (exact) mass is 805 g/mol. The summed E-state index contributed by atoms with van der Waals surface area (Å²) in [7, 11) is 0. The van der Waals surface area contributed by atoms with Gasteiger partial charge in [-0.15, -0.1) is 34.9 Å². The van der Waals surface area contributed by atoms with E-state index in [1.54, 1.807) is 0 Å². The van der Waals surface area contributed by atoms with Gasteiger partial charge in [0, 0.05) is 20.1 Å².